The number of rotatable bonds is 4. The highest BCUT2D eigenvalue weighted by Crippen LogP contribution is 2.33. The summed E-state index contributed by atoms with van der Waals surface area (Å²) in [5.41, 5.74) is 0. The number of hydrogen-bond acceptors (Lipinski definition) is 3. The average molecular weight is 281 g/mol. The first kappa shape index (κ1) is 11.1. The number of thiophene rings is 1. The van der Waals surface area contributed by atoms with Gasteiger partial charge in [-0.05, 0) is 28.1 Å². The van der Waals surface area contributed by atoms with E-state index in [1.54, 1.807) is 23.1 Å². The SMILES string of the molecule is CC(CC(=O)O)Sc1ccc(Br)s1. The van der Waals surface area contributed by atoms with E-state index in [1.807, 2.05) is 19.1 Å². The van der Waals surface area contributed by atoms with E-state index >= 15 is 0 Å². The van der Waals surface area contributed by atoms with E-state index in [9.17, 15) is 4.79 Å². The van der Waals surface area contributed by atoms with Crippen LogP contribution in [-0.4, -0.2) is 16.3 Å². The van der Waals surface area contributed by atoms with Crippen molar-refractivity contribution in [3.05, 3.63) is 15.9 Å². The third kappa shape index (κ3) is 4.15. The lowest BCUT2D eigenvalue weighted by Crippen LogP contribution is -2.04. The van der Waals surface area contributed by atoms with Crippen molar-refractivity contribution < 1.29 is 9.90 Å². The zero-order valence-corrected chi connectivity index (χ0v) is 10.2. The maximum absolute atomic E-state index is 10.4. The molecule has 0 spiro atoms. The molecule has 1 unspecified atom stereocenters. The van der Waals surface area contributed by atoms with Crippen LogP contribution in [0.25, 0.3) is 0 Å². The molecule has 0 aliphatic carbocycles. The summed E-state index contributed by atoms with van der Waals surface area (Å²) >= 11 is 6.59. The van der Waals surface area contributed by atoms with E-state index in [1.165, 1.54) is 0 Å². The van der Waals surface area contributed by atoms with Crippen LogP contribution in [0.5, 0.6) is 0 Å². The molecule has 1 rings (SSSR count). The number of aliphatic carboxylic acids is 1. The Balaban J connectivity index is 2.44. The van der Waals surface area contributed by atoms with Gasteiger partial charge in [0, 0.05) is 5.25 Å². The molecule has 72 valence electrons. The summed E-state index contributed by atoms with van der Waals surface area (Å²) in [7, 11) is 0. The molecule has 0 saturated heterocycles. The van der Waals surface area contributed by atoms with Crippen molar-refractivity contribution >= 4 is 45.0 Å². The van der Waals surface area contributed by atoms with Crippen molar-refractivity contribution in [3.63, 3.8) is 0 Å². The van der Waals surface area contributed by atoms with Crippen LogP contribution in [0.4, 0.5) is 0 Å². The van der Waals surface area contributed by atoms with Crippen molar-refractivity contribution in [3.8, 4) is 0 Å². The Kier molecular flexibility index (Phi) is 4.28. The second-order valence-corrected chi connectivity index (χ2v) is 6.79. The topological polar surface area (TPSA) is 37.3 Å². The summed E-state index contributed by atoms with van der Waals surface area (Å²) < 4.78 is 2.23. The standard InChI is InChI=1S/C8H9BrO2S2/c1-5(4-7(10)11)12-8-3-2-6(9)13-8/h2-3,5H,4H2,1H3,(H,10,11). The number of hydrogen-bond donors (Lipinski definition) is 1. The average Bonchev–Trinajstić information content (AvgIpc) is 2.33. The lowest BCUT2D eigenvalue weighted by molar-refractivity contribution is -0.136. The van der Waals surface area contributed by atoms with Gasteiger partial charge in [0.2, 0.25) is 0 Å². The van der Waals surface area contributed by atoms with Crippen molar-refractivity contribution in [2.24, 2.45) is 0 Å². The van der Waals surface area contributed by atoms with Crippen molar-refractivity contribution in [1.29, 1.82) is 0 Å². The third-order valence-electron chi connectivity index (χ3n) is 1.33. The highest BCUT2D eigenvalue weighted by molar-refractivity contribution is 9.11. The molecule has 0 fully saturated rings. The smallest absolute Gasteiger partial charge is 0.304 e. The molecular formula is C8H9BrO2S2. The Morgan fingerprint density at radius 3 is 2.92 bits per heavy atom. The Hall–Kier alpha value is -0.0000000000000000833. The number of carboxylic acid groups (broad SMARTS) is 1. The number of thioether (sulfide) groups is 1. The Morgan fingerprint density at radius 2 is 2.46 bits per heavy atom. The van der Waals surface area contributed by atoms with Crippen LogP contribution >= 0.6 is 39.0 Å². The van der Waals surface area contributed by atoms with Gasteiger partial charge in [0.25, 0.3) is 0 Å². The summed E-state index contributed by atoms with van der Waals surface area (Å²) in [6.45, 7) is 1.92. The molecular weight excluding hydrogens is 272 g/mol. The fourth-order valence-electron chi connectivity index (χ4n) is 0.847. The van der Waals surface area contributed by atoms with Gasteiger partial charge in [-0.25, -0.2) is 0 Å². The first-order valence-corrected chi connectivity index (χ1v) is 6.20. The molecule has 0 aliphatic heterocycles. The Labute approximate surface area is 93.5 Å². The molecule has 0 aliphatic rings. The van der Waals surface area contributed by atoms with Gasteiger partial charge in [0.05, 0.1) is 14.4 Å². The van der Waals surface area contributed by atoms with Gasteiger partial charge >= 0.3 is 5.97 Å². The van der Waals surface area contributed by atoms with Crippen LogP contribution in [0.1, 0.15) is 13.3 Å². The summed E-state index contributed by atoms with van der Waals surface area (Å²) in [5.74, 6) is -0.740. The second kappa shape index (κ2) is 5.02. The molecule has 0 saturated carbocycles. The summed E-state index contributed by atoms with van der Waals surface area (Å²) in [4.78, 5) is 10.4. The van der Waals surface area contributed by atoms with Gasteiger partial charge in [-0.3, -0.25) is 4.79 Å². The first-order chi connectivity index (χ1) is 6.08. The summed E-state index contributed by atoms with van der Waals surface area (Å²) in [6.07, 6.45) is 0.209. The van der Waals surface area contributed by atoms with Gasteiger partial charge in [0.15, 0.2) is 0 Å². The van der Waals surface area contributed by atoms with Gasteiger partial charge in [-0.2, -0.15) is 0 Å². The maximum atomic E-state index is 10.4. The lowest BCUT2D eigenvalue weighted by atomic mass is 10.3. The van der Waals surface area contributed by atoms with Gasteiger partial charge < -0.3 is 5.11 Å². The van der Waals surface area contributed by atoms with Crippen molar-refractivity contribution in [2.75, 3.05) is 0 Å². The minimum absolute atomic E-state index is 0.128. The summed E-state index contributed by atoms with van der Waals surface area (Å²) in [6, 6.07) is 3.97. The molecule has 1 N–H and O–H groups in total. The number of halogens is 1. The predicted octanol–water partition coefficient (Wildman–Crippen LogP) is 3.47. The zero-order valence-electron chi connectivity index (χ0n) is 6.99. The van der Waals surface area contributed by atoms with E-state index in [0.29, 0.717) is 0 Å². The molecule has 1 atom stereocenters. The molecule has 13 heavy (non-hydrogen) atoms. The molecule has 0 aromatic carbocycles. The minimum Gasteiger partial charge on any atom is -0.481 e. The quantitative estimate of drug-likeness (QED) is 0.859. The zero-order chi connectivity index (χ0) is 9.84. The van der Waals surface area contributed by atoms with E-state index in [-0.39, 0.29) is 11.7 Å². The van der Waals surface area contributed by atoms with Crippen LogP contribution in [-0.2, 0) is 4.79 Å². The van der Waals surface area contributed by atoms with Gasteiger partial charge in [-0.1, -0.05) is 6.92 Å². The highest BCUT2D eigenvalue weighted by Gasteiger charge is 2.10. The third-order valence-corrected chi connectivity index (χ3v) is 4.22. The summed E-state index contributed by atoms with van der Waals surface area (Å²) in [5, 5.41) is 8.68. The molecule has 0 radical (unpaired) electrons. The van der Waals surface area contributed by atoms with Gasteiger partial charge in [0.1, 0.15) is 0 Å². The fraction of sp³-hybridized carbons (Fsp3) is 0.375. The predicted molar refractivity (Wildman–Crippen MR) is 59.6 cm³/mol. The molecule has 1 aromatic heterocycles. The van der Waals surface area contributed by atoms with E-state index in [0.717, 1.165) is 8.00 Å². The molecule has 1 heterocycles. The van der Waals surface area contributed by atoms with Crippen LogP contribution in [0, 0.1) is 0 Å². The Bertz CT molecular complexity index is 298. The van der Waals surface area contributed by atoms with E-state index in [2.05, 4.69) is 15.9 Å². The number of carboxylic acids is 1. The molecule has 0 amide bonds. The van der Waals surface area contributed by atoms with Crippen molar-refractivity contribution in [2.45, 2.75) is 22.8 Å². The molecule has 1 aromatic rings. The highest BCUT2D eigenvalue weighted by atomic mass is 79.9. The first-order valence-electron chi connectivity index (χ1n) is 3.71. The number of carbonyl (C=O) groups is 1. The lowest BCUT2D eigenvalue weighted by Gasteiger charge is -2.04. The van der Waals surface area contributed by atoms with Gasteiger partial charge in [-0.15, -0.1) is 23.1 Å². The van der Waals surface area contributed by atoms with Crippen LogP contribution in [0.15, 0.2) is 20.1 Å². The fourth-order valence-corrected chi connectivity index (χ4v) is 4.01. The largest absolute Gasteiger partial charge is 0.481 e. The van der Waals surface area contributed by atoms with Crippen LogP contribution < -0.4 is 0 Å². The minimum atomic E-state index is -0.740. The monoisotopic (exact) mass is 280 g/mol. The molecule has 2 nitrogen and oxygen atoms in total. The molecule has 0 bridgehead atoms. The normalized spacial score (nSPS) is 12.8. The Morgan fingerprint density at radius 1 is 1.77 bits per heavy atom. The second-order valence-electron chi connectivity index (χ2n) is 2.58. The maximum Gasteiger partial charge on any atom is 0.304 e. The van der Waals surface area contributed by atoms with Crippen molar-refractivity contribution in [1.82, 2.24) is 0 Å². The van der Waals surface area contributed by atoms with E-state index < -0.39 is 5.97 Å². The molecule has 5 heteroatoms. The van der Waals surface area contributed by atoms with Crippen LogP contribution in [0.3, 0.4) is 0 Å². The van der Waals surface area contributed by atoms with Crippen LogP contribution in [0.2, 0.25) is 0 Å². The van der Waals surface area contributed by atoms with E-state index in [4.69, 9.17) is 5.11 Å².